The normalized spacial score (nSPS) is 10.8. The first-order valence-corrected chi connectivity index (χ1v) is 5.25. The second-order valence-electron chi connectivity index (χ2n) is 3.91. The van der Waals surface area contributed by atoms with Crippen LogP contribution in [0.15, 0.2) is 22.8 Å². The van der Waals surface area contributed by atoms with Gasteiger partial charge >= 0.3 is 0 Å². The Kier molecular flexibility index (Phi) is 4.44. The quantitative estimate of drug-likeness (QED) is 0.651. The largest absolute Gasteiger partial charge is 0.469 e. The Morgan fingerprint density at radius 1 is 1.43 bits per heavy atom. The second-order valence-corrected chi connectivity index (χ2v) is 3.91. The molecule has 14 heavy (non-hydrogen) atoms. The maximum Gasteiger partial charge on any atom is 0.135 e. The van der Waals surface area contributed by atoms with Crippen molar-refractivity contribution in [2.24, 2.45) is 5.92 Å². The first-order valence-electron chi connectivity index (χ1n) is 5.25. The van der Waals surface area contributed by atoms with Gasteiger partial charge in [0.05, 0.1) is 6.26 Å². The van der Waals surface area contributed by atoms with E-state index in [1.54, 1.807) is 6.26 Å². The van der Waals surface area contributed by atoms with Crippen molar-refractivity contribution in [1.82, 2.24) is 0 Å². The van der Waals surface area contributed by atoms with Gasteiger partial charge in [0, 0.05) is 18.8 Å². The summed E-state index contributed by atoms with van der Waals surface area (Å²) in [6, 6.07) is 3.87. The van der Waals surface area contributed by atoms with Crippen LogP contribution in [0.2, 0.25) is 0 Å². The van der Waals surface area contributed by atoms with Gasteiger partial charge in [0.25, 0.3) is 0 Å². The smallest absolute Gasteiger partial charge is 0.135 e. The summed E-state index contributed by atoms with van der Waals surface area (Å²) in [5, 5.41) is 0. The molecule has 2 nitrogen and oxygen atoms in total. The number of furan rings is 1. The zero-order valence-electron chi connectivity index (χ0n) is 8.95. The minimum absolute atomic E-state index is 0.179. The first kappa shape index (κ1) is 11.0. The van der Waals surface area contributed by atoms with Gasteiger partial charge in [0.1, 0.15) is 11.5 Å². The van der Waals surface area contributed by atoms with E-state index in [0.29, 0.717) is 12.2 Å². The summed E-state index contributed by atoms with van der Waals surface area (Å²) in [7, 11) is 0. The third kappa shape index (κ3) is 3.77. The highest BCUT2D eigenvalue weighted by molar-refractivity contribution is 5.80. The highest BCUT2D eigenvalue weighted by Crippen LogP contribution is 2.09. The average molecular weight is 194 g/mol. The molecule has 2 heteroatoms. The molecule has 1 heterocycles. The van der Waals surface area contributed by atoms with E-state index in [2.05, 4.69) is 0 Å². The van der Waals surface area contributed by atoms with E-state index < -0.39 is 0 Å². The number of carbonyl (C=O) groups excluding carboxylic acids is 1. The van der Waals surface area contributed by atoms with Gasteiger partial charge in [-0.3, -0.25) is 4.79 Å². The Labute approximate surface area is 85.3 Å². The van der Waals surface area contributed by atoms with Crippen molar-refractivity contribution in [3.05, 3.63) is 24.2 Å². The average Bonchev–Trinajstić information content (AvgIpc) is 2.64. The summed E-state index contributed by atoms with van der Waals surface area (Å²) in [6.07, 6.45) is 5.34. The number of carbonyl (C=O) groups is 1. The van der Waals surface area contributed by atoms with Crippen molar-refractivity contribution >= 4 is 5.78 Å². The molecule has 0 atom stereocenters. The van der Waals surface area contributed by atoms with E-state index in [4.69, 9.17) is 4.42 Å². The number of aryl methyl sites for hydroxylation is 1. The lowest BCUT2D eigenvalue weighted by molar-refractivity contribution is -0.122. The van der Waals surface area contributed by atoms with Gasteiger partial charge in [-0.05, 0) is 25.0 Å². The minimum atomic E-state index is 0.179. The maximum absolute atomic E-state index is 11.3. The molecule has 0 aliphatic carbocycles. The van der Waals surface area contributed by atoms with Crippen LogP contribution in [0.1, 0.15) is 38.9 Å². The Balaban J connectivity index is 2.08. The predicted octanol–water partition coefficient (Wildman–Crippen LogP) is 3.22. The molecular weight excluding hydrogens is 176 g/mol. The van der Waals surface area contributed by atoms with Crippen LogP contribution in [-0.4, -0.2) is 5.78 Å². The van der Waals surface area contributed by atoms with Crippen molar-refractivity contribution in [2.45, 2.75) is 39.5 Å². The van der Waals surface area contributed by atoms with Gasteiger partial charge < -0.3 is 4.42 Å². The van der Waals surface area contributed by atoms with Gasteiger partial charge in [0.15, 0.2) is 0 Å². The molecule has 0 radical (unpaired) electrons. The molecule has 0 fully saturated rings. The molecule has 0 N–H and O–H groups in total. The van der Waals surface area contributed by atoms with Gasteiger partial charge in [-0.1, -0.05) is 13.8 Å². The minimum Gasteiger partial charge on any atom is -0.469 e. The van der Waals surface area contributed by atoms with Crippen LogP contribution in [0.5, 0.6) is 0 Å². The Morgan fingerprint density at radius 2 is 2.21 bits per heavy atom. The van der Waals surface area contributed by atoms with E-state index in [1.165, 1.54) is 0 Å². The molecule has 0 aromatic carbocycles. The molecule has 0 unspecified atom stereocenters. The third-order valence-corrected chi connectivity index (χ3v) is 2.32. The van der Waals surface area contributed by atoms with Crippen LogP contribution < -0.4 is 0 Å². The standard InChI is InChI=1S/C12H18O2/c1-10(2)12(13)8-4-3-6-11-7-5-9-14-11/h5,7,9-10H,3-4,6,8H2,1-2H3. The lowest BCUT2D eigenvalue weighted by atomic mass is 10.0. The fourth-order valence-corrected chi connectivity index (χ4v) is 1.34. The highest BCUT2D eigenvalue weighted by atomic mass is 16.3. The lowest BCUT2D eigenvalue weighted by Crippen LogP contribution is -2.06. The van der Waals surface area contributed by atoms with Gasteiger partial charge in [-0.15, -0.1) is 0 Å². The zero-order chi connectivity index (χ0) is 10.4. The van der Waals surface area contributed by atoms with Crippen molar-refractivity contribution in [1.29, 1.82) is 0 Å². The molecule has 0 aliphatic heterocycles. The van der Waals surface area contributed by atoms with Crippen LogP contribution in [0, 0.1) is 5.92 Å². The van der Waals surface area contributed by atoms with Crippen LogP contribution in [-0.2, 0) is 11.2 Å². The number of unbranched alkanes of at least 4 members (excludes halogenated alkanes) is 1. The van der Waals surface area contributed by atoms with Gasteiger partial charge in [-0.25, -0.2) is 0 Å². The second kappa shape index (κ2) is 5.63. The van der Waals surface area contributed by atoms with E-state index in [1.807, 2.05) is 26.0 Å². The molecule has 1 aromatic heterocycles. The van der Waals surface area contributed by atoms with Crippen LogP contribution in [0.3, 0.4) is 0 Å². The monoisotopic (exact) mass is 194 g/mol. The van der Waals surface area contributed by atoms with E-state index in [9.17, 15) is 4.79 Å². The van der Waals surface area contributed by atoms with Crippen LogP contribution >= 0.6 is 0 Å². The van der Waals surface area contributed by atoms with Crippen molar-refractivity contribution in [3.8, 4) is 0 Å². The van der Waals surface area contributed by atoms with Crippen LogP contribution in [0.25, 0.3) is 0 Å². The summed E-state index contributed by atoms with van der Waals surface area (Å²) in [4.78, 5) is 11.3. The third-order valence-electron chi connectivity index (χ3n) is 2.32. The molecule has 0 saturated carbocycles. The summed E-state index contributed by atoms with van der Waals surface area (Å²) in [6.45, 7) is 3.91. The first-order chi connectivity index (χ1) is 6.70. The number of Topliss-reactive ketones (excluding diaryl/α,β-unsaturated/α-hetero) is 1. The predicted molar refractivity (Wildman–Crippen MR) is 56.1 cm³/mol. The topological polar surface area (TPSA) is 30.2 Å². The molecule has 0 saturated heterocycles. The van der Waals surface area contributed by atoms with E-state index in [-0.39, 0.29) is 5.92 Å². The fourth-order valence-electron chi connectivity index (χ4n) is 1.34. The summed E-state index contributed by atoms with van der Waals surface area (Å²) in [5.41, 5.74) is 0. The van der Waals surface area contributed by atoms with Gasteiger partial charge in [0.2, 0.25) is 0 Å². The molecule has 78 valence electrons. The van der Waals surface area contributed by atoms with Crippen molar-refractivity contribution in [3.63, 3.8) is 0 Å². The summed E-state index contributed by atoms with van der Waals surface area (Å²) in [5.74, 6) is 1.56. The summed E-state index contributed by atoms with van der Waals surface area (Å²) < 4.78 is 5.20. The number of hydrogen-bond donors (Lipinski definition) is 0. The maximum atomic E-state index is 11.3. The molecule has 0 aliphatic rings. The molecule has 0 spiro atoms. The lowest BCUT2D eigenvalue weighted by Gasteiger charge is -2.02. The molecule has 1 rings (SSSR count). The zero-order valence-corrected chi connectivity index (χ0v) is 8.95. The van der Waals surface area contributed by atoms with Crippen LogP contribution in [0.4, 0.5) is 0 Å². The SMILES string of the molecule is CC(C)C(=O)CCCCc1ccco1. The molecular formula is C12H18O2. The number of rotatable bonds is 6. The molecule has 1 aromatic rings. The highest BCUT2D eigenvalue weighted by Gasteiger charge is 2.06. The van der Waals surface area contributed by atoms with E-state index >= 15 is 0 Å². The number of hydrogen-bond acceptors (Lipinski definition) is 2. The molecule has 0 bridgehead atoms. The Morgan fingerprint density at radius 3 is 2.79 bits per heavy atom. The fraction of sp³-hybridized carbons (Fsp3) is 0.583. The molecule has 0 amide bonds. The van der Waals surface area contributed by atoms with E-state index in [0.717, 1.165) is 25.0 Å². The van der Waals surface area contributed by atoms with Gasteiger partial charge in [-0.2, -0.15) is 0 Å². The Hall–Kier alpha value is -1.05. The van der Waals surface area contributed by atoms with Crippen molar-refractivity contribution < 1.29 is 9.21 Å². The Bertz CT molecular complexity index is 260. The van der Waals surface area contributed by atoms with Crippen molar-refractivity contribution in [2.75, 3.05) is 0 Å². The summed E-state index contributed by atoms with van der Waals surface area (Å²) >= 11 is 0. The number of ketones is 1.